The van der Waals surface area contributed by atoms with Crippen molar-refractivity contribution in [3.05, 3.63) is 0 Å². The van der Waals surface area contributed by atoms with E-state index in [2.05, 4.69) is 20.8 Å². The van der Waals surface area contributed by atoms with Crippen molar-refractivity contribution < 1.29 is 9.84 Å². The molecule has 0 aromatic carbocycles. The van der Waals surface area contributed by atoms with E-state index in [1.807, 2.05) is 0 Å². The topological polar surface area (TPSA) is 29.5 Å². The van der Waals surface area contributed by atoms with E-state index in [9.17, 15) is 5.11 Å². The van der Waals surface area contributed by atoms with Crippen LogP contribution in [0.4, 0.5) is 0 Å². The van der Waals surface area contributed by atoms with Crippen molar-refractivity contribution in [1.29, 1.82) is 0 Å². The third-order valence-corrected chi connectivity index (χ3v) is 3.31. The number of ether oxygens (including phenoxy) is 1. The highest BCUT2D eigenvalue weighted by Gasteiger charge is 2.36. The Kier molecular flexibility index (Phi) is 3.74. The molecule has 13 heavy (non-hydrogen) atoms. The second-order valence-corrected chi connectivity index (χ2v) is 4.70. The van der Waals surface area contributed by atoms with E-state index in [0.717, 1.165) is 12.8 Å². The predicted octanol–water partition coefficient (Wildman–Crippen LogP) is 2.06. The number of hydrogen-bond acceptors (Lipinski definition) is 2. The van der Waals surface area contributed by atoms with Gasteiger partial charge in [-0.05, 0) is 30.6 Å². The maximum atomic E-state index is 9.60. The fourth-order valence-corrected chi connectivity index (χ4v) is 2.81. The summed E-state index contributed by atoms with van der Waals surface area (Å²) in [4.78, 5) is 0. The maximum absolute atomic E-state index is 9.60. The van der Waals surface area contributed by atoms with Crippen molar-refractivity contribution in [3.63, 3.8) is 0 Å². The van der Waals surface area contributed by atoms with Crippen LogP contribution < -0.4 is 0 Å². The van der Waals surface area contributed by atoms with Crippen LogP contribution in [0.25, 0.3) is 0 Å². The number of aliphatic hydroxyl groups excluding tert-OH is 1. The first kappa shape index (κ1) is 11.0. The Morgan fingerprint density at radius 1 is 1.31 bits per heavy atom. The van der Waals surface area contributed by atoms with Crippen molar-refractivity contribution in [3.8, 4) is 0 Å². The van der Waals surface area contributed by atoms with Crippen molar-refractivity contribution in [2.75, 3.05) is 7.11 Å². The van der Waals surface area contributed by atoms with Gasteiger partial charge >= 0.3 is 0 Å². The van der Waals surface area contributed by atoms with Crippen LogP contribution in [0.3, 0.4) is 0 Å². The summed E-state index contributed by atoms with van der Waals surface area (Å²) in [5.74, 6) is 1.83. The molecule has 78 valence electrons. The summed E-state index contributed by atoms with van der Waals surface area (Å²) < 4.78 is 5.45. The third kappa shape index (κ3) is 2.44. The fraction of sp³-hybridized carbons (Fsp3) is 1.00. The highest BCUT2D eigenvalue weighted by molar-refractivity contribution is 4.86. The molecular formula is C11H22O2. The number of rotatable bonds is 2. The molecule has 4 atom stereocenters. The van der Waals surface area contributed by atoms with Crippen LogP contribution in [0, 0.1) is 17.8 Å². The Balaban J connectivity index is 2.66. The zero-order valence-corrected chi connectivity index (χ0v) is 9.16. The molecule has 1 N–H and O–H groups in total. The molecule has 2 unspecified atom stereocenters. The lowest BCUT2D eigenvalue weighted by atomic mass is 9.71. The SMILES string of the molecule is COC1C[C@H](O)CC(C)[C@@H]1C(C)C. The molecule has 2 heteroatoms. The second kappa shape index (κ2) is 4.43. The number of methoxy groups -OCH3 is 1. The minimum atomic E-state index is -0.157. The van der Waals surface area contributed by atoms with Crippen molar-refractivity contribution in [1.82, 2.24) is 0 Å². The highest BCUT2D eigenvalue weighted by atomic mass is 16.5. The Bertz CT molecular complexity index is 156. The first-order chi connectivity index (χ1) is 6.06. The second-order valence-electron chi connectivity index (χ2n) is 4.70. The minimum absolute atomic E-state index is 0.157. The van der Waals surface area contributed by atoms with Crippen LogP contribution in [0.1, 0.15) is 33.6 Å². The van der Waals surface area contributed by atoms with E-state index in [4.69, 9.17) is 4.74 Å². The van der Waals surface area contributed by atoms with Crippen LogP contribution in [0.2, 0.25) is 0 Å². The Hall–Kier alpha value is -0.0800. The van der Waals surface area contributed by atoms with E-state index >= 15 is 0 Å². The van der Waals surface area contributed by atoms with Gasteiger partial charge in [0.1, 0.15) is 0 Å². The normalized spacial score (nSPS) is 41.1. The molecule has 0 aromatic heterocycles. The smallest absolute Gasteiger partial charge is 0.0629 e. The molecule has 1 aliphatic rings. The lowest BCUT2D eigenvalue weighted by molar-refractivity contribution is -0.0650. The molecule has 0 bridgehead atoms. The average molecular weight is 186 g/mol. The summed E-state index contributed by atoms with van der Waals surface area (Å²) in [6.07, 6.45) is 1.83. The molecule has 0 saturated heterocycles. The molecule has 1 saturated carbocycles. The van der Waals surface area contributed by atoms with Gasteiger partial charge in [-0.1, -0.05) is 20.8 Å². The van der Waals surface area contributed by atoms with Gasteiger partial charge in [-0.25, -0.2) is 0 Å². The molecule has 0 amide bonds. The van der Waals surface area contributed by atoms with E-state index in [1.165, 1.54) is 0 Å². The number of hydrogen-bond donors (Lipinski definition) is 1. The van der Waals surface area contributed by atoms with Gasteiger partial charge in [0, 0.05) is 7.11 Å². The Labute approximate surface area is 81.3 Å². The van der Waals surface area contributed by atoms with Gasteiger partial charge in [0.2, 0.25) is 0 Å². The minimum Gasteiger partial charge on any atom is -0.393 e. The first-order valence-corrected chi connectivity index (χ1v) is 5.27. The Morgan fingerprint density at radius 3 is 2.38 bits per heavy atom. The van der Waals surface area contributed by atoms with E-state index in [0.29, 0.717) is 17.8 Å². The van der Waals surface area contributed by atoms with E-state index in [1.54, 1.807) is 7.11 Å². The molecule has 0 heterocycles. The summed E-state index contributed by atoms with van der Waals surface area (Å²) >= 11 is 0. The van der Waals surface area contributed by atoms with Crippen LogP contribution in [0.5, 0.6) is 0 Å². The van der Waals surface area contributed by atoms with Crippen molar-refractivity contribution >= 4 is 0 Å². The first-order valence-electron chi connectivity index (χ1n) is 5.27. The summed E-state index contributed by atoms with van der Waals surface area (Å²) in [7, 11) is 1.75. The molecule has 1 aliphatic carbocycles. The molecule has 2 nitrogen and oxygen atoms in total. The standard InChI is InChI=1S/C11H22O2/c1-7(2)11-8(3)5-9(12)6-10(11)13-4/h7-12H,5-6H2,1-4H3/t8?,9-,10?,11+/m1/s1. The average Bonchev–Trinajstić information content (AvgIpc) is 2.01. The largest absolute Gasteiger partial charge is 0.393 e. The Morgan fingerprint density at radius 2 is 1.92 bits per heavy atom. The van der Waals surface area contributed by atoms with Crippen LogP contribution in [0.15, 0.2) is 0 Å². The molecule has 1 rings (SSSR count). The van der Waals surface area contributed by atoms with Gasteiger partial charge in [0.25, 0.3) is 0 Å². The molecule has 0 aliphatic heterocycles. The van der Waals surface area contributed by atoms with Crippen molar-refractivity contribution in [2.24, 2.45) is 17.8 Å². The van der Waals surface area contributed by atoms with Gasteiger partial charge < -0.3 is 9.84 Å². The third-order valence-electron chi connectivity index (χ3n) is 3.31. The zero-order valence-electron chi connectivity index (χ0n) is 9.16. The lowest BCUT2D eigenvalue weighted by Crippen LogP contribution is -2.41. The van der Waals surface area contributed by atoms with Crippen LogP contribution >= 0.6 is 0 Å². The maximum Gasteiger partial charge on any atom is 0.0629 e. The van der Waals surface area contributed by atoms with Gasteiger partial charge in [0.05, 0.1) is 12.2 Å². The van der Waals surface area contributed by atoms with Crippen LogP contribution in [-0.4, -0.2) is 24.4 Å². The van der Waals surface area contributed by atoms with E-state index in [-0.39, 0.29) is 12.2 Å². The molecule has 0 radical (unpaired) electrons. The quantitative estimate of drug-likeness (QED) is 0.715. The van der Waals surface area contributed by atoms with Gasteiger partial charge in [-0.3, -0.25) is 0 Å². The summed E-state index contributed by atoms with van der Waals surface area (Å²) in [5.41, 5.74) is 0. The monoisotopic (exact) mass is 186 g/mol. The fourth-order valence-electron chi connectivity index (χ4n) is 2.81. The summed E-state index contributed by atoms with van der Waals surface area (Å²) in [6.45, 7) is 6.70. The van der Waals surface area contributed by atoms with Crippen LogP contribution in [-0.2, 0) is 4.74 Å². The van der Waals surface area contributed by atoms with Gasteiger partial charge in [-0.2, -0.15) is 0 Å². The summed E-state index contributed by atoms with van der Waals surface area (Å²) in [5, 5.41) is 9.60. The number of aliphatic hydroxyl groups is 1. The zero-order chi connectivity index (χ0) is 10.0. The van der Waals surface area contributed by atoms with E-state index < -0.39 is 0 Å². The highest BCUT2D eigenvalue weighted by Crippen LogP contribution is 2.36. The molecular weight excluding hydrogens is 164 g/mol. The van der Waals surface area contributed by atoms with Gasteiger partial charge in [-0.15, -0.1) is 0 Å². The predicted molar refractivity (Wildman–Crippen MR) is 53.5 cm³/mol. The van der Waals surface area contributed by atoms with Crippen molar-refractivity contribution in [2.45, 2.75) is 45.8 Å². The molecule has 1 fully saturated rings. The summed E-state index contributed by atoms with van der Waals surface area (Å²) in [6, 6.07) is 0. The lowest BCUT2D eigenvalue weighted by Gasteiger charge is -2.40. The molecule has 0 aromatic rings. The van der Waals surface area contributed by atoms with Gasteiger partial charge in [0.15, 0.2) is 0 Å². The molecule has 0 spiro atoms.